The van der Waals surface area contributed by atoms with Gasteiger partial charge in [0.2, 0.25) is 5.58 Å². The lowest BCUT2D eigenvalue weighted by molar-refractivity contribution is 0.122. The van der Waals surface area contributed by atoms with Crippen molar-refractivity contribution >= 4 is 28.6 Å². The Hall–Kier alpha value is -3.75. The summed E-state index contributed by atoms with van der Waals surface area (Å²) in [6.07, 6.45) is 2.44. The number of benzene rings is 1. The molecule has 2 aliphatic rings. The van der Waals surface area contributed by atoms with E-state index in [1.807, 2.05) is 24.3 Å². The molecule has 2 saturated heterocycles. The van der Waals surface area contributed by atoms with Crippen molar-refractivity contribution in [3.05, 3.63) is 30.0 Å². The third-order valence-electron chi connectivity index (χ3n) is 6.78. The Bertz CT molecular complexity index is 1240. The van der Waals surface area contributed by atoms with E-state index < -0.39 is 0 Å². The summed E-state index contributed by atoms with van der Waals surface area (Å²) in [4.78, 5) is 26.0. The molecule has 0 spiro atoms. The lowest BCUT2D eigenvalue weighted by atomic mass is 9.92. The van der Waals surface area contributed by atoms with Gasteiger partial charge in [0.25, 0.3) is 0 Å². The minimum Gasteiger partial charge on any atom is -0.378 e. The van der Waals surface area contributed by atoms with Crippen LogP contribution in [0.1, 0.15) is 30.9 Å². The first-order valence-electron chi connectivity index (χ1n) is 12.3. The number of urea groups is 1. The summed E-state index contributed by atoms with van der Waals surface area (Å²) >= 11 is 0. The molecule has 4 heterocycles. The number of anilines is 2. The molecule has 0 unspecified atom stereocenters. The molecule has 2 N–H and O–H groups in total. The molecule has 0 radical (unpaired) electrons. The lowest BCUT2D eigenvalue weighted by Gasteiger charge is -2.30. The smallest absolute Gasteiger partial charge is 0.318 e. The zero-order valence-corrected chi connectivity index (χ0v) is 20.4. The number of hydrogen-bond acceptors (Lipinski definition) is 9. The first-order valence-corrected chi connectivity index (χ1v) is 12.3. The predicted octanol–water partition coefficient (Wildman–Crippen LogP) is 2.97. The minimum absolute atomic E-state index is 0.240. The van der Waals surface area contributed by atoms with Crippen LogP contribution in [0, 0.1) is 11.3 Å². The summed E-state index contributed by atoms with van der Waals surface area (Å²) in [5, 5.41) is 18.7. The van der Waals surface area contributed by atoms with Gasteiger partial charge >= 0.3 is 6.03 Å². The van der Waals surface area contributed by atoms with Gasteiger partial charge < -0.3 is 29.7 Å². The molecule has 2 fully saturated rings. The van der Waals surface area contributed by atoms with Gasteiger partial charge in [0.05, 0.1) is 19.3 Å². The Labute approximate surface area is 209 Å². The largest absolute Gasteiger partial charge is 0.378 e. The van der Waals surface area contributed by atoms with Crippen molar-refractivity contribution in [3.8, 4) is 17.5 Å². The van der Waals surface area contributed by atoms with Crippen LogP contribution in [0.3, 0.4) is 0 Å². The average molecular weight is 491 g/mol. The van der Waals surface area contributed by atoms with Crippen molar-refractivity contribution in [1.82, 2.24) is 25.3 Å². The molecule has 11 nitrogen and oxygen atoms in total. The van der Waals surface area contributed by atoms with Gasteiger partial charge in [-0.25, -0.2) is 14.8 Å². The van der Waals surface area contributed by atoms with E-state index >= 15 is 0 Å². The molecule has 2 aromatic heterocycles. The molecule has 36 heavy (non-hydrogen) atoms. The second-order valence-electron chi connectivity index (χ2n) is 9.02. The Kier molecular flexibility index (Phi) is 7.25. The fourth-order valence-electron chi connectivity index (χ4n) is 4.76. The van der Waals surface area contributed by atoms with Crippen molar-refractivity contribution in [3.63, 3.8) is 0 Å². The number of carbonyl (C=O) groups is 1. The molecule has 188 valence electrons. The van der Waals surface area contributed by atoms with Crippen molar-refractivity contribution in [2.45, 2.75) is 25.2 Å². The van der Waals surface area contributed by atoms with Crippen LogP contribution in [-0.4, -0.2) is 79.0 Å². The number of hydrogen-bond donors (Lipinski definition) is 2. The molecule has 2 amide bonds. The van der Waals surface area contributed by atoms with Crippen LogP contribution in [0.25, 0.3) is 22.5 Å². The summed E-state index contributed by atoms with van der Waals surface area (Å²) in [7, 11) is 1.58. The highest BCUT2D eigenvalue weighted by atomic mass is 16.5. The maximum atomic E-state index is 11.6. The molecule has 2 aliphatic heterocycles. The average Bonchev–Trinajstić information content (AvgIpc) is 3.36. The number of piperidine rings is 1. The third kappa shape index (κ3) is 5.10. The van der Waals surface area contributed by atoms with E-state index in [1.54, 1.807) is 7.05 Å². The van der Waals surface area contributed by atoms with Crippen LogP contribution in [0.15, 0.2) is 28.8 Å². The number of ether oxygens (including phenoxy) is 1. The molecule has 0 bridgehead atoms. The number of fused-ring (bicyclic) bond motifs is 1. The van der Waals surface area contributed by atoms with E-state index in [2.05, 4.69) is 31.7 Å². The Balaban J connectivity index is 1.48. The van der Waals surface area contributed by atoms with E-state index in [1.165, 1.54) is 0 Å². The van der Waals surface area contributed by atoms with Crippen LogP contribution >= 0.6 is 0 Å². The van der Waals surface area contributed by atoms with Gasteiger partial charge in [-0.3, -0.25) is 0 Å². The third-order valence-corrected chi connectivity index (χ3v) is 6.78. The van der Waals surface area contributed by atoms with Gasteiger partial charge in [-0.05, 0) is 50.2 Å². The van der Waals surface area contributed by atoms with Gasteiger partial charge in [0.1, 0.15) is 11.2 Å². The summed E-state index contributed by atoms with van der Waals surface area (Å²) in [6.45, 7) is 5.35. The first-order chi connectivity index (χ1) is 17.7. The summed E-state index contributed by atoms with van der Waals surface area (Å²) in [5.74, 6) is 1.56. The molecular weight excluding hydrogens is 460 g/mol. The predicted molar refractivity (Wildman–Crippen MR) is 135 cm³/mol. The summed E-state index contributed by atoms with van der Waals surface area (Å²) in [6, 6.07) is 9.42. The highest BCUT2D eigenvalue weighted by Gasteiger charge is 2.29. The van der Waals surface area contributed by atoms with Gasteiger partial charge in [0.15, 0.2) is 11.6 Å². The number of aromatic nitrogens is 3. The molecule has 0 aliphatic carbocycles. The van der Waals surface area contributed by atoms with Crippen molar-refractivity contribution in [2.24, 2.45) is 0 Å². The summed E-state index contributed by atoms with van der Waals surface area (Å²) in [5.41, 5.74) is 3.76. The molecule has 5 rings (SSSR count). The fourth-order valence-corrected chi connectivity index (χ4v) is 4.76. The molecule has 1 aromatic carbocycles. The Morgan fingerprint density at radius 1 is 1.14 bits per heavy atom. The van der Waals surface area contributed by atoms with E-state index in [-0.39, 0.29) is 11.9 Å². The number of amides is 2. The normalized spacial score (nSPS) is 17.2. The molecule has 0 atom stereocenters. The monoisotopic (exact) mass is 490 g/mol. The van der Waals surface area contributed by atoms with Gasteiger partial charge in [0, 0.05) is 50.3 Å². The van der Waals surface area contributed by atoms with Crippen molar-refractivity contribution < 1.29 is 14.1 Å². The van der Waals surface area contributed by atoms with Crippen molar-refractivity contribution in [2.75, 3.05) is 63.2 Å². The highest BCUT2D eigenvalue weighted by molar-refractivity contribution is 5.90. The maximum Gasteiger partial charge on any atom is 0.318 e. The van der Waals surface area contributed by atoms with Crippen LogP contribution in [0.2, 0.25) is 0 Å². The fraction of sp³-hybridized carbons (Fsp3) is 0.480. The lowest BCUT2D eigenvalue weighted by Crippen LogP contribution is -2.37. The van der Waals surface area contributed by atoms with E-state index in [0.717, 1.165) is 55.1 Å². The standard InChI is InChI=1S/C25H30N8O3/c1-27-25(34)28-19-5-3-18(4-6-19)23-29-21-20(17-7-11-32(12-8-17)10-2-9-26)31-36-22(21)24(30-23)33-13-15-35-16-14-33/h3-6,17H,2,7-8,10-16H2,1H3,(H2,27,28,34). The van der Waals surface area contributed by atoms with Gasteiger partial charge in [-0.1, -0.05) is 5.16 Å². The topological polar surface area (TPSA) is 132 Å². The van der Waals surface area contributed by atoms with Crippen LogP contribution < -0.4 is 15.5 Å². The Morgan fingerprint density at radius 2 is 1.89 bits per heavy atom. The number of rotatable bonds is 6. The van der Waals surface area contributed by atoms with E-state index in [0.29, 0.717) is 49.8 Å². The summed E-state index contributed by atoms with van der Waals surface area (Å²) < 4.78 is 11.4. The van der Waals surface area contributed by atoms with Gasteiger partial charge in [-0.15, -0.1) is 0 Å². The number of nitrogens with one attached hydrogen (secondary N) is 2. The SMILES string of the molecule is CNC(=O)Nc1ccc(-c2nc(N3CCOCC3)c3onc(C4CCN(CCC#N)CC4)c3n2)cc1. The maximum absolute atomic E-state index is 11.6. The first kappa shape index (κ1) is 24.0. The number of morpholine rings is 1. The molecule has 3 aromatic rings. The number of nitriles is 1. The highest BCUT2D eigenvalue weighted by Crippen LogP contribution is 2.36. The van der Waals surface area contributed by atoms with Crippen LogP contribution in [0.4, 0.5) is 16.3 Å². The second-order valence-corrected chi connectivity index (χ2v) is 9.02. The molecule has 0 saturated carbocycles. The number of nitrogens with zero attached hydrogens (tertiary/aromatic N) is 6. The van der Waals surface area contributed by atoms with E-state index in [4.69, 9.17) is 24.5 Å². The zero-order valence-electron chi connectivity index (χ0n) is 20.4. The number of carbonyl (C=O) groups excluding carboxylic acids is 1. The Morgan fingerprint density at radius 3 is 2.58 bits per heavy atom. The number of likely N-dealkylation sites (tertiary alicyclic amines) is 1. The second kappa shape index (κ2) is 10.9. The van der Waals surface area contributed by atoms with E-state index in [9.17, 15) is 4.79 Å². The minimum atomic E-state index is -0.275. The van der Waals surface area contributed by atoms with Crippen molar-refractivity contribution in [1.29, 1.82) is 5.26 Å². The van der Waals surface area contributed by atoms with Crippen LogP contribution in [-0.2, 0) is 4.74 Å². The molecular formula is C25H30N8O3. The van der Waals surface area contributed by atoms with Crippen LogP contribution in [0.5, 0.6) is 0 Å². The van der Waals surface area contributed by atoms with Gasteiger partial charge in [-0.2, -0.15) is 5.26 Å². The quantitative estimate of drug-likeness (QED) is 0.535. The zero-order chi connectivity index (χ0) is 24.9. The molecule has 11 heteroatoms.